The van der Waals surface area contributed by atoms with Crippen LogP contribution in [0.15, 0.2) is 54.6 Å². The maximum Gasteiger partial charge on any atom is 0.251 e. The van der Waals surface area contributed by atoms with E-state index in [-0.39, 0.29) is 18.4 Å². The molecule has 0 heterocycles. The first-order valence-corrected chi connectivity index (χ1v) is 6.32. The fourth-order valence-electron chi connectivity index (χ4n) is 1.69. The molecule has 0 aliphatic heterocycles. The van der Waals surface area contributed by atoms with Crippen molar-refractivity contribution in [1.82, 2.24) is 5.32 Å². The van der Waals surface area contributed by atoms with E-state index in [0.717, 1.165) is 0 Å². The molecule has 0 fully saturated rings. The van der Waals surface area contributed by atoms with Gasteiger partial charge in [0.2, 0.25) is 5.91 Å². The summed E-state index contributed by atoms with van der Waals surface area (Å²) in [7, 11) is 0. The molecular weight excluding hydrogens is 266 g/mol. The van der Waals surface area contributed by atoms with Crippen molar-refractivity contribution in [2.75, 3.05) is 11.9 Å². The van der Waals surface area contributed by atoms with Crippen LogP contribution >= 0.6 is 0 Å². The van der Waals surface area contributed by atoms with E-state index >= 15 is 0 Å². The van der Waals surface area contributed by atoms with Gasteiger partial charge in [-0.2, -0.15) is 5.26 Å². The van der Waals surface area contributed by atoms with Crippen LogP contribution in [0.5, 0.6) is 0 Å². The molecule has 0 radical (unpaired) electrons. The molecule has 0 saturated carbocycles. The number of nitrogens with zero attached hydrogens (tertiary/aromatic N) is 1. The van der Waals surface area contributed by atoms with Gasteiger partial charge in [-0.3, -0.25) is 9.59 Å². The average molecular weight is 279 g/mol. The number of carbonyl (C=O) groups excluding carboxylic acids is 2. The molecule has 2 N–H and O–H groups in total. The van der Waals surface area contributed by atoms with Crippen LogP contribution in [-0.2, 0) is 4.79 Å². The Morgan fingerprint density at radius 1 is 1.00 bits per heavy atom. The summed E-state index contributed by atoms with van der Waals surface area (Å²) in [6.07, 6.45) is 0. The maximum atomic E-state index is 11.8. The fourth-order valence-corrected chi connectivity index (χ4v) is 1.69. The minimum absolute atomic E-state index is 0.117. The van der Waals surface area contributed by atoms with Gasteiger partial charge in [0.25, 0.3) is 5.91 Å². The van der Waals surface area contributed by atoms with Crippen LogP contribution in [-0.4, -0.2) is 18.4 Å². The summed E-state index contributed by atoms with van der Waals surface area (Å²) in [4.78, 5) is 23.5. The highest BCUT2D eigenvalue weighted by molar-refractivity contribution is 5.99. The highest BCUT2D eigenvalue weighted by Gasteiger charge is 2.08. The van der Waals surface area contributed by atoms with Crippen molar-refractivity contribution < 1.29 is 9.59 Å². The zero-order valence-corrected chi connectivity index (χ0v) is 11.2. The molecule has 5 nitrogen and oxygen atoms in total. The van der Waals surface area contributed by atoms with Crippen molar-refractivity contribution in [2.24, 2.45) is 0 Å². The number of benzene rings is 2. The standard InChI is InChI=1S/C16H13N3O2/c17-10-12-6-8-13(9-7-12)16(21)18-11-15(20)19-14-4-2-1-3-5-14/h1-9H,11H2,(H,18,21)(H,19,20). The summed E-state index contributed by atoms with van der Waals surface area (Å²) in [5, 5.41) is 13.9. The van der Waals surface area contributed by atoms with Gasteiger partial charge in [-0.15, -0.1) is 0 Å². The highest BCUT2D eigenvalue weighted by atomic mass is 16.2. The first-order chi connectivity index (χ1) is 10.2. The van der Waals surface area contributed by atoms with E-state index < -0.39 is 0 Å². The zero-order valence-electron chi connectivity index (χ0n) is 11.2. The Kier molecular flexibility index (Phi) is 4.67. The van der Waals surface area contributed by atoms with Gasteiger partial charge in [-0.1, -0.05) is 18.2 Å². The molecule has 0 spiro atoms. The van der Waals surface area contributed by atoms with E-state index in [2.05, 4.69) is 10.6 Å². The SMILES string of the molecule is N#Cc1ccc(C(=O)NCC(=O)Nc2ccccc2)cc1. The number of hydrogen-bond acceptors (Lipinski definition) is 3. The third kappa shape index (κ3) is 4.18. The number of nitriles is 1. The minimum Gasteiger partial charge on any atom is -0.343 e. The lowest BCUT2D eigenvalue weighted by Gasteiger charge is -2.07. The van der Waals surface area contributed by atoms with Gasteiger partial charge >= 0.3 is 0 Å². The van der Waals surface area contributed by atoms with Gasteiger partial charge in [0, 0.05) is 11.3 Å². The molecule has 5 heteroatoms. The number of carbonyl (C=O) groups is 2. The second-order valence-corrected chi connectivity index (χ2v) is 4.29. The van der Waals surface area contributed by atoms with Crippen LogP contribution in [0.1, 0.15) is 15.9 Å². The average Bonchev–Trinajstić information content (AvgIpc) is 2.53. The first-order valence-electron chi connectivity index (χ1n) is 6.32. The van der Waals surface area contributed by atoms with Crippen LogP contribution in [0.25, 0.3) is 0 Å². The Morgan fingerprint density at radius 2 is 1.67 bits per heavy atom. The van der Waals surface area contributed by atoms with Gasteiger partial charge < -0.3 is 10.6 Å². The molecule has 21 heavy (non-hydrogen) atoms. The lowest BCUT2D eigenvalue weighted by atomic mass is 10.1. The van der Waals surface area contributed by atoms with Crippen LogP contribution < -0.4 is 10.6 Å². The van der Waals surface area contributed by atoms with E-state index in [1.807, 2.05) is 24.3 Å². The lowest BCUT2D eigenvalue weighted by molar-refractivity contribution is -0.115. The van der Waals surface area contributed by atoms with Crippen molar-refractivity contribution >= 4 is 17.5 Å². The maximum absolute atomic E-state index is 11.8. The molecule has 0 aromatic heterocycles. The predicted molar refractivity (Wildman–Crippen MR) is 78.6 cm³/mol. The number of rotatable bonds is 4. The van der Waals surface area contributed by atoms with Crippen molar-refractivity contribution in [3.05, 3.63) is 65.7 Å². The molecule has 2 aromatic rings. The molecule has 104 valence electrons. The monoisotopic (exact) mass is 279 g/mol. The van der Waals surface area contributed by atoms with Crippen LogP contribution in [0, 0.1) is 11.3 Å². The van der Waals surface area contributed by atoms with E-state index in [1.165, 1.54) is 0 Å². The Labute approximate surface area is 122 Å². The lowest BCUT2D eigenvalue weighted by Crippen LogP contribution is -2.32. The molecule has 2 amide bonds. The molecule has 0 aliphatic rings. The quantitative estimate of drug-likeness (QED) is 0.897. The summed E-state index contributed by atoms with van der Waals surface area (Å²) < 4.78 is 0. The van der Waals surface area contributed by atoms with Crippen molar-refractivity contribution in [2.45, 2.75) is 0 Å². The smallest absolute Gasteiger partial charge is 0.251 e. The van der Waals surface area contributed by atoms with Crippen LogP contribution in [0.2, 0.25) is 0 Å². The fraction of sp³-hybridized carbons (Fsp3) is 0.0625. The van der Waals surface area contributed by atoms with E-state index in [1.54, 1.807) is 36.4 Å². The second kappa shape index (κ2) is 6.87. The highest BCUT2D eigenvalue weighted by Crippen LogP contribution is 2.05. The normalized spacial score (nSPS) is 9.48. The molecule has 0 aliphatic carbocycles. The minimum atomic E-state index is -0.359. The van der Waals surface area contributed by atoms with E-state index in [0.29, 0.717) is 16.8 Å². The number of anilines is 1. The van der Waals surface area contributed by atoms with Crippen molar-refractivity contribution in [3.8, 4) is 6.07 Å². The van der Waals surface area contributed by atoms with Gasteiger partial charge in [0.05, 0.1) is 18.2 Å². The van der Waals surface area contributed by atoms with Crippen molar-refractivity contribution in [1.29, 1.82) is 5.26 Å². The van der Waals surface area contributed by atoms with Crippen LogP contribution in [0.3, 0.4) is 0 Å². The first kappa shape index (κ1) is 14.3. The predicted octanol–water partition coefficient (Wildman–Crippen LogP) is 1.93. The number of nitrogens with one attached hydrogen (secondary N) is 2. The number of para-hydroxylation sites is 1. The summed E-state index contributed by atoms with van der Waals surface area (Å²) in [6, 6.07) is 17.2. The third-order valence-corrected chi connectivity index (χ3v) is 2.74. The molecule has 2 rings (SSSR count). The summed E-state index contributed by atoms with van der Waals surface area (Å²) >= 11 is 0. The Balaban J connectivity index is 1.86. The van der Waals surface area contributed by atoms with Crippen molar-refractivity contribution in [3.63, 3.8) is 0 Å². The Morgan fingerprint density at radius 3 is 2.29 bits per heavy atom. The molecule has 0 atom stereocenters. The van der Waals surface area contributed by atoms with E-state index in [9.17, 15) is 9.59 Å². The summed E-state index contributed by atoms with van der Waals surface area (Å²) in [5.74, 6) is -0.661. The topological polar surface area (TPSA) is 82.0 Å². The molecule has 2 aromatic carbocycles. The van der Waals surface area contributed by atoms with Gasteiger partial charge in [0.1, 0.15) is 0 Å². The summed E-state index contributed by atoms with van der Waals surface area (Å²) in [6.45, 7) is -0.117. The molecule has 0 unspecified atom stereocenters. The van der Waals surface area contributed by atoms with E-state index in [4.69, 9.17) is 5.26 Å². The molecule has 0 bridgehead atoms. The van der Waals surface area contributed by atoms with Crippen LogP contribution in [0.4, 0.5) is 5.69 Å². The second-order valence-electron chi connectivity index (χ2n) is 4.29. The summed E-state index contributed by atoms with van der Waals surface area (Å²) in [5.41, 5.74) is 1.56. The van der Waals surface area contributed by atoms with Gasteiger partial charge in [-0.25, -0.2) is 0 Å². The Bertz CT molecular complexity index is 673. The zero-order chi connectivity index (χ0) is 15.1. The largest absolute Gasteiger partial charge is 0.343 e. The molecule has 0 saturated heterocycles. The van der Waals surface area contributed by atoms with Gasteiger partial charge in [0.15, 0.2) is 0 Å². The van der Waals surface area contributed by atoms with Gasteiger partial charge in [-0.05, 0) is 36.4 Å². The number of amides is 2. The Hall–Kier alpha value is -3.13. The molecular formula is C16H13N3O2. The third-order valence-electron chi connectivity index (χ3n) is 2.74. The number of hydrogen-bond donors (Lipinski definition) is 2.